The van der Waals surface area contributed by atoms with Crippen molar-refractivity contribution >= 4 is 5.71 Å². The van der Waals surface area contributed by atoms with Crippen LogP contribution in [0.5, 0.6) is 0 Å². The van der Waals surface area contributed by atoms with Crippen molar-refractivity contribution in [3.63, 3.8) is 0 Å². The fourth-order valence-corrected chi connectivity index (χ4v) is 1.78. The molecular weight excluding hydrogens is 146 g/mol. The van der Waals surface area contributed by atoms with Gasteiger partial charge in [0.15, 0.2) is 0 Å². The normalized spacial score (nSPS) is 22.8. The monoisotopic (exact) mass is 167 g/mol. The lowest BCUT2D eigenvalue weighted by Crippen LogP contribution is -1.94. The van der Waals surface area contributed by atoms with Gasteiger partial charge in [-0.25, -0.2) is 0 Å². The van der Waals surface area contributed by atoms with Crippen LogP contribution in [0.25, 0.3) is 0 Å². The molecule has 1 atom stereocenters. The molecule has 1 nitrogen and oxygen atoms in total. The van der Waals surface area contributed by atoms with Gasteiger partial charge in [0.2, 0.25) is 0 Å². The average Bonchev–Trinajstić information content (AvgIpc) is 2.53. The minimum Gasteiger partial charge on any atom is -0.291 e. The van der Waals surface area contributed by atoms with E-state index < -0.39 is 0 Å². The van der Waals surface area contributed by atoms with E-state index in [1.807, 2.05) is 0 Å². The van der Waals surface area contributed by atoms with Crippen LogP contribution in [0.15, 0.2) is 4.99 Å². The van der Waals surface area contributed by atoms with Crippen molar-refractivity contribution in [1.29, 1.82) is 0 Å². The van der Waals surface area contributed by atoms with Crippen LogP contribution in [0.2, 0.25) is 0 Å². The first-order chi connectivity index (χ1) is 5.86. The van der Waals surface area contributed by atoms with Crippen LogP contribution in [0.3, 0.4) is 0 Å². The largest absolute Gasteiger partial charge is 0.291 e. The molecule has 0 aliphatic carbocycles. The number of rotatable bonds is 5. The van der Waals surface area contributed by atoms with Crippen molar-refractivity contribution in [2.45, 2.75) is 64.8 Å². The second-order valence-corrected chi connectivity index (χ2v) is 3.75. The zero-order valence-electron chi connectivity index (χ0n) is 8.47. The molecule has 0 amide bonds. The Morgan fingerprint density at radius 3 is 2.75 bits per heavy atom. The number of hydrogen-bond donors (Lipinski definition) is 0. The van der Waals surface area contributed by atoms with E-state index in [0.29, 0.717) is 6.04 Å². The molecule has 0 radical (unpaired) electrons. The molecule has 1 heteroatoms. The Morgan fingerprint density at radius 2 is 2.17 bits per heavy atom. The summed E-state index contributed by atoms with van der Waals surface area (Å²) in [5.41, 5.74) is 1.50. The molecule has 0 saturated carbocycles. The lowest BCUT2D eigenvalue weighted by Gasteiger charge is -1.98. The molecule has 70 valence electrons. The van der Waals surface area contributed by atoms with Gasteiger partial charge >= 0.3 is 0 Å². The third kappa shape index (κ3) is 2.96. The SMILES string of the molecule is CCCCCC1=N[C@@H](CC)CC1. The predicted octanol–water partition coefficient (Wildman–Crippen LogP) is 3.58. The minimum atomic E-state index is 0.668. The first kappa shape index (κ1) is 9.76. The topological polar surface area (TPSA) is 12.4 Å². The van der Waals surface area contributed by atoms with Crippen LogP contribution < -0.4 is 0 Å². The smallest absolute Gasteiger partial charge is 0.0500 e. The Kier molecular flexibility index (Phi) is 4.34. The third-order valence-corrected chi connectivity index (χ3v) is 2.67. The van der Waals surface area contributed by atoms with E-state index in [4.69, 9.17) is 4.99 Å². The lowest BCUT2D eigenvalue weighted by atomic mass is 10.1. The van der Waals surface area contributed by atoms with Gasteiger partial charge < -0.3 is 0 Å². The molecule has 12 heavy (non-hydrogen) atoms. The molecule has 0 fully saturated rings. The van der Waals surface area contributed by atoms with E-state index in [1.54, 1.807) is 0 Å². The van der Waals surface area contributed by atoms with Gasteiger partial charge in [0.1, 0.15) is 0 Å². The molecule has 0 saturated heterocycles. The summed E-state index contributed by atoms with van der Waals surface area (Å²) in [4.78, 5) is 4.69. The first-order valence-corrected chi connectivity index (χ1v) is 5.42. The Hall–Kier alpha value is -0.330. The molecular formula is C11H21N. The highest BCUT2D eigenvalue weighted by molar-refractivity contribution is 5.86. The van der Waals surface area contributed by atoms with Crippen LogP contribution in [0.1, 0.15) is 58.8 Å². The van der Waals surface area contributed by atoms with Crippen LogP contribution in [-0.2, 0) is 0 Å². The van der Waals surface area contributed by atoms with Crippen molar-refractivity contribution in [3.8, 4) is 0 Å². The molecule has 0 aromatic rings. The molecule has 1 aliphatic rings. The van der Waals surface area contributed by atoms with Crippen LogP contribution >= 0.6 is 0 Å². The summed E-state index contributed by atoms with van der Waals surface area (Å²) in [5.74, 6) is 0. The first-order valence-electron chi connectivity index (χ1n) is 5.42. The molecule has 0 unspecified atom stereocenters. The lowest BCUT2D eigenvalue weighted by molar-refractivity contribution is 0.649. The van der Waals surface area contributed by atoms with Gasteiger partial charge in [-0.05, 0) is 32.1 Å². The molecule has 1 aliphatic heterocycles. The molecule has 0 aromatic carbocycles. The Balaban J connectivity index is 2.16. The zero-order valence-corrected chi connectivity index (χ0v) is 8.47. The molecule has 0 bridgehead atoms. The van der Waals surface area contributed by atoms with Crippen molar-refractivity contribution < 1.29 is 0 Å². The minimum absolute atomic E-state index is 0.668. The van der Waals surface area contributed by atoms with Crippen molar-refractivity contribution in [2.24, 2.45) is 4.99 Å². The summed E-state index contributed by atoms with van der Waals surface area (Å²) in [6, 6.07) is 0.668. The fourth-order valence-electron chi connectivity index (χ4n) is 1.78. The maximum Gasteiger partial charge on any atom is 0.0500 e. The molecule has 0 aromatic heterocycles. The number of unbranched alkanes of at least 4 members (excludes halogenated alkanes) is 2. The third-order valence-electron chi connectivity index (χ3n) is 2.67. The van der Waals surface area contributed by atoms with Gasteiger partial charge in [-0.15, -0.1) is 0 Å². The van der Waals surface area contributed by atoms with Gasteiger partial charge in [-0.2, -0.15) is 0 Å². The standard InChI is InChI=1S/C11H21N/c1-3-5-6-7-11-9-8-10(4-2)12-11/h10H,3-9H2,1-2H3/t10-/m0/s1. The zero-order chi connectivity index (χ0) is 8.81. The van der Waals surface area contributed by atoms with Crippen molar-refractivity contribution in [3.05, 3.63) is 0 Å². The summed E-state index contributed by atoms with van der Waals surface area (Å²) < 4.78 is 0. The Labute approximate surface area is 76.3 Å². The average molecular weight is 167 g/mol. The van der Waals surface area contributed by atoms with Crippen LogP contribution in [-0.4, -0.2) is 11.8 Å². The van der Waals surface area contributed by atoms with Gasteiger partial charge in [0.05, 0.1) is 0 Å². The molecule has 1 rings (SSSR count). The second-order valence-electron chi connectivity index (χ2n) is 3.75. The summed E-state index contributed by atoms with van der Waals surface area (Å²) in [6.07, 6.45) is 9.15. The van der Waals surface area contributed by atoms with E-state index >= 15 is 0 Å². The number of aliphatic imine (C=N–C) groups is 1. The highest BCUT2D eigenvalue weighted by Crippen LogP contribution is 2.19. The number of hydrogen-bond acceptors (Lipinski definition) is 1. The van der Waals surface area contributed by atoms with E-state index in [9.17, 15) is 0 Å². The van der Waals surface area contributed by atoms with Gasteiger partial charge in [-0.1, -0.05) is 26.7 Å². The van der Waals surface area contributed by atoms with Gasteiger partial charge in [-0.3, -0.25) is 4.99 Å². The summed E-state index contributed by atoms with van der Waals surface area (Å²) in [6.45, 7) is 4.49. The van der Waals surface area contributed by atoms with Crippen molar-refractivity contribution in [1.82, 2.24) is 0 Å². The van der Waals surface area contributed by atoms with E-state index in [2.05, 4.69) is 13.8 Å². The van der Waals surface area contributed by atoms with Gasteiger partial charge in [0, 0.05) is 11.8 Å². The fraction of sp³-hybridized carbons (Fsp3) is 0.909. The Bertz CT molecular complexity index is 149. The van der Waals surface area contributed by atoms with E-state index in [0.717, 1.165) is 0 Å². The maximum atomic E-state index is 4.69. The highest BCUT2D eigenvalue weighted by atomic mass is 14.8. The summed E-state index contributed by atoms with van der Waals surface area (Å²) in [7, 11) is 0. The quantitative estimate of drug-likeness (QED) is 0.555. The second kappa shape index (κ2) is 5.34. The predicted molar refractivity (Wildman–Crippen MR) is 54.9 cm³/mol. The molecule has 0 spiro atoms. The molecule has 0 N–H and O–H groups in total. The van der Waals surface area contributed by atoms with Gasteiger partial charge in [0.25, 0.3) is 0 Å². The van der Waals surface area contributed by atoms with E-state index in [-0.39, 0.29) is 0 Å². The molecule has 1 heterocycles. The number of nitrogens with zero attached hydrogens (tertiary/aromatic N) is 1. The summed E-state index contributed by atoms with van der Waals surface area (Å²) >= 11 is 0. The Morgan fingerprint density at radius 1 is 1.33 bits per heavy atom. The van der Waals surface area contributed by atoms with Crippen LogP contribution in [0, 0.1) is 0 Å². The van der Waals surface area contributed by atoms with Crippen molar-refractivity contribution in [2.75, 3.05) is 0 Å². The van der Waals surface area contributed by atoms with E-state index in [1.165, 1.54) is 50.7 Å². The maximum absolute atomic E-state index is 4.69. The van der Waals surface area contributed by atoms with Crippen LogP contribution in [0.4, 0.5) is 0 Å². The summed E-state index contributed by atoms with van der Waals surface area (Å²) in [5, 5.41) is 0. The highest BCUT2D eigenvalue weighted by Gasteiger charge is 2.14.